The lowest BCUT2D eigenvalue weighted by molar-refractivity contribution is -0.0504. The maximum atomic E-state index is 12.5. The molecule has 0 bridgehead atoms. The molecule has 150 valence electrons. The molecule has 0 atom stereocenters. The van der Waals surface area contributed by atoms with E-state index in [0.717, 1.165) is 0 Å². The van der Waals surface area contributed by atoms with E-state index < -0.39 is 18.4 Å². The second-order valence-electron chi connectivity index (χ2n) is 5.81. The summed E-state index contributed by atoms with van der Waals surface area (Å²) in [6.07, 6.45) is 0. The van der Waals surface area contributed by atoms with Crippen LogP contribution in [0.15, 0.2) is 69.8 Å². The van der Waals surface area contributed by atoms with Crippen molar-refractivity contribution in [2.24, 2.45) is 0 Å². The SMILES string of the molecule is O=C(NCc1ccccc1OC(F)F)c1cccc(NC(=O)c2ccc(Br)o2)c1. The summed E-state index contributed by atoms with van der Waals surface area (Å²) in [7, 11) is 0. The molecule has 1 heterocycles. The molecule has 0 spiro atoms. The van der Waals surface area contributed by atoms with Gasteiger partial charge in [-0.3, -0.25) is 9.59 Å². The molecule has 0 saturated carbocycles. The molecule has 29 heavy (non-hydrogen) atoms. The highest BCUT2D eigenvalue weighted by Gasteiger charge is 2.13. The molecular weight excluding hydrogens is 450 g/mol. The molecule has 1 aromatic heterocycles. The fraction of sp³-hybridized carbons (Fsp3) is 0.100. The van der Waals surface area contributed by atoms with Gasteiger partial charge in [-0.25, -0.2) is 0 Å². The average Bonchev–Trinajstić information content (AvgIpc) is 3.13. The zero-order valence-electron chi connectivity index (χ0n) is 14.8. The van der Waals surface area contributed by atoms with Gasteiger partial charge in [-0.2, -0.15) is 8.78 Å². The van der Waals surface area contributed by atoms with E-state index in [4.69, 9.17) is 4.42 Å². The fourth-order valence-corrected chi connectivity index (χ4v) is 2.81. The van der Waals surface area contributed by atoms with E-state index in [1.54, 1.807) is 42.5 Å². The van der Waals surface area contributed by atoms with Crippen LogP contribution in [0.2, 0.25) is 0 Å². The molecule has 0 aliphatic rings. The van der Waals surface area contributed by atoms with E-state index in [2.05, 4.69) is 31.3 Å². The minimum Gasteiger partial charge on any atom is -0.444 e. The van der Waals surface area contributed by atoms with Crippen LogP contribution in [-0.4, -0.2) is 18.4 Å². The molecule has 0 saturated heterocycles. The lowest BCUT2D eigenvalue weighted by Crippen LogP contribution is -2.23. The smallest absolute Gasteiger partial charge is 0.387 e. The van der Waals surface area contributed by atoms with Gasteiger partial charge in [0.2, 0.25) is 0 Å². The Morgan fingerprint density at radius 2 is 1.83 bits per heavy atom. The van der Waals surface area contributed by atoms with Gasteiger partial charge in [0.25, 0.3) is 11.8 Å². The van der Waals surface area contributed by atoms with Crippen LogP contribution < -0.4 is 15.4 Å². The highest BCUT2D eigenvalue weighted by molar-refractivity contribution is 9.10. The Morgan fingerprint density at radius 1 is 1.03 bits per heavy atom. The number of nitrogens with one attached hydrogen (secondary N) is 2. The van der Waals surface area contributed by atoms with Crippen LogP contribution in [0.1, 0.15) is 26.5 Å². The number of para-hydroxylation sites is 1. The molecule has 3 aromatic rings. The lowest BCUT2D eigenvalue weighted by Gasteiger charge is -2.12. The first-order valence-electron chi connectivity index (χ1n) is 8.40. The van der Waals surface area contributed by atoms with Crippen molar-refractivity contribution in [2.45, 2.75) is 13.2 Å². The maximum absolute atomic E-state index is 12.5. The number of hydrogen-bond acceptors (Lipinski definition) is 4. The molecular formula is C20H15BrF2N2O4. The molecule has 0 radical (unpaired) electrons. The van der Waals surface area contributed by atoms with Gasteiger partial charge in [-0.1, -0.05) is 24.3 Å². The summed E-state index contributed by atoms with van der Waals surface area (Å²) in [6.45, 7) is -2.96. The van der Waals surface area contributed by atoms with Crippen molar-refractivity contribution >= 4 is 33.4 Å². The van der Waals surface area contributed by atoms with Crippen LogP contribution in [0.3, 0.4) is 0 Å². The van der Waals surface area contributed by atoms with Gasteiger partial charge in [0, 0.05) is 23.4 Å². The molecule has 0 fully saturated rings. The second-order valence-corrected chi connectivity index (χ2v) is 6.59. The molecule has 2 aromatic carbocycles. The van der Waals surface area contributed by atoms with Gasteiger partial charge in [-0.05, 0) is 52.3 Å². The summed E-state index contributed by atoms with van der Waals surface area (Å²) >= 11 is 3.12. The summed E-state index contributed by atoms with van der Waals surface area (Å²) in [6, 6.07) is 15.6. The highest BCUT2D eigenvalue weighted by Crippen LogP contribution is 2.20. The number of carbonyl (C=O) groups is 2. The highest BCUT2D eigenvalue weighted by atomic mass is 79.9. The lowest BCUT2D eigenvalue weighted by atomic mass is 10.1. The summed E-state index contributed by atoms with van der Waals surface area (Å²) in [5, 5.41) is 5.28. The zero-order chi connectivity index (χ0) is 20.8. The normalized spacial score (nSPS) is 10.6. The number of anilines is 1. The van der Waals surface area contributed by atoms with Crippen LogP contribution in [0, 0.1) is 0 Å². The van der Waals surface area contributed by atoms with Crippen molar-refractivity contribution in [2.75, 3.05) is 5.32 Å². The van der Waals surface area contributed by atoms with E-state index in [1.165, 1.54) is 18.2 Å². The van der Waals surface area contributed by atoms with E-state index in [9.17, 15) is 18.4 Å². The molecule has 2 amide bonds. The Morgan fingerprint density at radius 3 is 2.55 bits per heavy atom. The topological polar surface area (TPSA) is 80.6 Å². The minimum absolute atomic E-state index is 0.00125. The third kappa shape index (κ3) is 5.64. The number of ether oxygens (including phenoxy) is 1. The molecule has 0 aliphatic carbocycles. The van der Waals surface area contributed by atoms with Gasteiger partial charge in [0.05, 0.1) is 0 Å². The zero-order valence-corrected chi connectivity index (χ0v) is 16.4. The molecule has 9 heteroatoms. The Kier molecular flexibility index (Phi) is 6.61. The van der Waals surface area contributed by atoms with Gasteiger partial charge < -0.3 is 19.8 Å². The van der Waals surface area contributed by atoms with Crippen LogP contribution in [0.25, 0.3) is 0 Å². The predicted octanol–water partition coefficient (Wildman–Crippen LogP) is 4.83. The number of benzene rings is 2. The first-order valence-corrected chi connectivity index (χ1v) is 9.19. The van der Waals surface area contributed by atoms with Crippen LogP contribution in [-0.2, 0) is 6.54 Å². The molecule has 0 unspecified atom stereocenters. The number of rotatable bonds is 7. The summed E-state index contributed by atoms with van der Waals surface area (Å²) in [5.74, 6) is -0.796. The molecule has 3 rings (SSSR count). The van der Waals surface area contributed by atoms with Crippen LogP contribution in [0.4, 0.5) is 14.5 Å². The molecule has 6 nitrogen and oxygen atoms in total. The third-order valence-corrected chi connectivity index (χ3v) is 4.23. The van der Waals surface area contributed by atoms with E-state index in [0.29, 0.717) is 15.9 Å². The van der Waals surface area contributed by atoms with Crippen molar-refractivity contribution in [3.05, 3.63) is 82.2 Å². The third-order valence-electron chi connectivity index (χ3n) is 3.81. The quantitative estimate of drug-likeness (QED) is 0.524. The van der Waals surface area contributed by atoms with Crippen molar-refractivity contribution in [3.63, 3.8) is 0 Å². The first kappa shape index (κ1) is 20.5. The van der Waals surface area contributed by atoms with Crippen molar-refractivity contribution in [1.82, 2.24) is 5.32 Å². The largest absolute Gasteiger partial charge is 0.444 e. The summed E-state index contributed by atoms with van der Waals surface area (Å²) in [4.78, 5) is 24.6. The Bertz CT molecular complexity index is 1020. The van der Waals surface area contributed by atoms with E-state index >= 15 is 0 Å². The number of carbonyl (C=O) groups excluding carboxylic acids is 2. The summed E-state index contributed by atoms with van der Waals surface area (Å²) < 4.78 is 35.0. The number of halogens is 3. The minimum atomic E-state index is -2.96. The van der Waals surface area contributed by atoms with E-state index in [-0.39, 0.29) is 23.6 Å². The van der Waals surface area contributed by atoms with Crippen molar-refractivity contribution < 1.29 is 27.5 Å². The van der Waals surface area contributed by atoms with Crippen molar-refractivity contribution in [3.8, 4) is 5.75 Å². The van der Waals surface area contributed by atoms with Crippen LogP contribution in [0.5, 0.6) is 5.75 Å². The Hall–Kier alpha value is -3.20. The van der Waals surface area contributed by atoms with Gasteiger partial charge in [0.15, 0.2) is 10.4 Å². The van der Waals surface area contributed by atoms with Crippen molar-refractivity contribution in [1.29, 1.82) is 0 Å². The molecule has 0 aliphatic heterocycles. The number of hydrogen-bond donors (Lipinski definition) is 2. The van der Waals surface area contributed by atoms with Gasteiger partial charge >= 0.3 is 6.61 Å². The summed E-state index contributed by atoms with van der Waals surface area (Å²) in [5.41, 5.74) is 1.10. The average molecular weight is 465 g/mol. The number of furan rings is 1. The standard InChI is InChI=1S/C20H15BrF2N2O4/c21-17-9-8-16(28-17)19(27)25-14-6-3-5-12(10-14)18(26)24-11-13-4-1-2-7-15(13)29-20(22)23/h1-10,20H,11H2,(H,24,26)(H,25,27). The Balaban J connectivity index is 1.65. The molecule has 2 N–H and O–H groups in total. The Labute approximate surface area is 173 Å². The van der Waals surface area contributed by atoms with E-state index in [1.807, 2.05) is 0 Å². The second kappa shape index (κ2) is 9.33. The van der Waals surface area contributed by atoms with Gasteiger partial charge in [0.1, 0.15) is 5.75 Å². The number of alkyl halides is 2. The van der Waals surface area contributed by atoms with Crippen LogP contribution >= 0.6 is 15.9 Å². The predicted molar refractivity (Wildman–Crippen MR) is 105 cm³/mol. The fourth-order valence-electron chi connectivity index (χ4n) is 2.51. The van der Waals surface area contributed by atoms with Gasteiger partial charge in [-0.15, -0.1) is 0 Å². The number of amides is 2. The monoisotopic (exact) mass is 464 g/mol. The first-order chi connectivity index (χ1) is 13.9. The maximum Gasteiger partial charge on any atom is 0.387 e.